The quantitative estimate of drug-likeness (QED) is 0.255. The maximum atomic E-state index is 13.4. The summed E-state index contributed by atoms with van der Waals surface area (Å²) in [6, 6.07) is 13.1. The fourth-order valence-electron chi connectivity index (χ4n) is 4.51. The van der Waals surface area contributed by atoms with Gasteiger partial charge in [0, 0.05) is 28.6 Å². The molecule has 5 aromatic rings. The van der Waals surface area contributed by atoms with Crippen LogP contribution in [-0.4, -0.2) is 32.9 Å². The van der Waals surface area contributed by atoms with Crippen molar-refractivity contribution in [2.24, 2.45) is 0 Å². The van der Waals surface area contributed by atoms with Crippen LogP contribution in [-0.2, 0) is 23.0 Å². The van der Waals surface area contributed by atoms with Crippen molar-refractivity contribution < 1.29 is 12.9 Å². The minimum absolute atomic E-state index is 0.182. The van der Waals surface area contributed by atoms with E-state index < -0.39 is 10.0 Å². The Morgan fingerprint density at radius 2 is 1.85 bits per heavy atom. The molecular formula is C28H30N6O4S2. The molecule has 0 bridgehead atoms. The Kier molecular flexibility index (Phi) is 7.47. The lowest BCUT2D eigenvalue weighted by Gasteiger charge is -2.12. The molecule has 12 heteroatoms. The van der Waals surface area contributed by atoms with Crippen molar-refractivity contribution in [2.75, 3.05) is 4.72 Å². The van der Waals surface area contributed by atoms with Crippen molar-refractivity contribution in [1.29, 1.82) is 0 Å². The molecule has 4 heterocycles. The van der Waals surface area contributed by atoms with Gasteiger partial charge >= 0.3 is 5.69 Å². The summed E-state index contributed by atoms with van der Waals surface area (Å²) in [5.74, 6) is 1.90. The fraction of sp³-hybridized carbons (Fsp3) is 0.286. The molecule has 0 aliphatic carbocycles. The van der Waals surface area contributed by atoms with Crippen molar-refractivity contribution in [1.82, 2.24) is 24.5 Å². The highest BCUT2D eigenvalue weighted by molar-refractivity contribution is 7.94. The van der Waals surface area contributed by atoms with Crippen LogP contribution in [0.2, 0.25) is 0 Å². The number of hydrogen-bond donors (Lipinski definition) is 1. The molecule has 4 aromatic heterocycles. The molecular weight excluding hydrogens is 548 g/mol. The molecule has 208 valence electrons. The van der Waals surface area contributed by atoms with Crippen LogP contribution in [0.3, 0.4) is 0 Å². The molecule has 0 saturated carbocycles. The number of sulfonamides is 1. The van der Waals surface area contributed by atoms with Crippen LogP contribution in [0, 0.1) is 27.7 Å². The molecule has 5 rings (SSSR count). The first-order chi connectivity index (χ1) is 19.1. The summed E-state index contributed by atoms with van der Waals surface area (Å²) >= 11 is 1.20. The van der Waals surface area contributed by atoms with E-state index in [1.807, 2.05) is 51.1 Å². The maximum Gasteiger partial charge on any atom is 0.352 e. The molecule has 0 saturated heterocycles. The predicted molar refractivity (Wildman–Crippen MR) is 155 cm³/mol. The van der Waals surface area contributed by atoms with Crippen LogP contribution in [0.15, 0.2) is 62.2 Å². The Hall–Kier alpha value is -4.03. The molecule has 0 unspecified atom stereocenters. The normalized spacial score (nSPS) is 11.7. The van der Waals surface area contributed by atoms with Crippen molar-refractivity contribution >= 4 is 27.2 Å². The van der Waals surface area contributed by atoms with Gasteiger partial charge in [-0.3, -0.25) is 9.29 Å². The molecule has 0 aliphatic heterocycles. The summed E-state index contributed by atoms with van der Waals surface area (Å²) in [7, 11) is -3.91. The topological polar surface area (TPSA) is 125 Å². The third-order valence-corrected chi connectivity index (χ3v) is 9.58. The number of aromatic nitrogens is 5. The lowest BCUT2D eigenvalue weighted by molar-refractivity contribution is 0.399. The van der Waals surface area contributed by atoms with Gasteiger partial charge in [-0.25, -0.2) is 18.2 Å². The van der Waals surface area contributed by atoms with E-state index in [0.29, 0.717) is 41.5 Å². The zero-order chi connectivity index (χ0) is 28.6. The van der Waals surface area contributed by atoms with Crippen LogP contribution < -0.4 is 10.4 Å². The Morgan fingerprint density at radius 1 is 1.05 bits per heavy atom. The SMILES string of the molecule is CCCc1nn(-c2ccccn2)c(=O)n1Cc1ccc(-c2cc(C)sc2S(=O)(=O)Nc2noc(C)c2C)c(C)c1. The minimum atomic E-state index is -3.91. The molecule has 1 aromatic carbocycles. The van der Waals surface area contributed by atoms with Crippen molar-refractivity contribution in [2.45, 2.75) is 58.2 Å². The monoisotopic (exact) mass is 578 g/mol. The zero-order valence-electron chi connectivity index (χ0n) is 22.9. The van der Waals surface area contributed by atoms with E-state index >= 15 is 0 Å². The second-order valence-electron chi connectivity index (χ2n) is 9.66. The Labute approximate surface area is 236 Å². The lowest BCUT2D eigenvalue weighted by atomic mass is 10.00. The van der Waals surface area contributed by atoms with Gasteiger partial charge in [-0.05, 0) is 69.0 Å². The average Bonchev–Trinajstić information content (AvgIpc) is 3.57. The highest BCUT2D eigenvalue weighted by atomic mass is 32.2. The largest absolute Gasteiger partial charge is 0.359 e. The summed E-state index contributed by atoms with van der Waals surface area (Å²) in [6.07, 6.45) is 3.12. The third-order valence-electron chi connectivity index (χ3n) is 6.65. The highest BCUT2D eigenvalue weighted by Crippen LogP contribution is 2.38. The summed E-state index contributed by atoms with van der Waals surface area (Å²) in [5.41, 5.74) is 3.60. The van der Waals surface area contributed by atoms with Crippen LogP contribution in [0.1, 0.15) is 46.5 Å². The van der Waals surface area contributed by atoms with E-state index in [0.717, 1.165) is 28.0 Å². The first-order valence-electron chi connectivity index (χ1n) is 12.8. The van der Waals surface area contributed by atoms with Crippen LogP contribution >= 0.6 is 11.3 Å². The molecule has 0 amide bonds. The van der Waals surface area contributed by atoms with Crippen LogP contribution in [0.4, 0.5) is 5.82 Å². The van der Waals surface area contributed by atoms with Crippen LogP contribution in [0.25, 0.3) is 16.9 Å². The Morgan fingerprint density at radius 3 is 2.50 bits per heavy atom. The number of nitrogens with zero attached hydrogens (tertiary/aromatic N) is 5. The predicted octanol–water partition coefficient (Wildman–Crippen LogP) is 5.18. The third kappa shape index (κ3) is 5.24. The maximum absolute atomic E-state index is 13.4. The van der Waals surface area contributed by atoms with Crippen molar-refractivity contribution in [3.05, 3.63) is 92.3 Å². The van der Waals surface area contributed by atoms with E-state index in [2.05, 4.69) is 20.0 Å². The molecule has 0 spiro atoms. The van der Waals surface area contributed by atoms with Crippen molar-refractivity contribution in [3.8, 4) is 16.9 Å². The second-order valence-corrected chi connectivity index (χ2v) is 12.8. The van der Waals surface area contributed by atoms with E-state index in [1.54, 1.807) is 36.7 Å². The van der Waals surface area contributed by atoms with Crippen LogP contribution in [0.5, 0.6) is 0 Å². The van der Waals surface area contributed by atoms with E-state index in [-0.39, 0.29) is 15.7 Å². The van der Waals surface area contributed by atoms with Gasteiger partial charge in [0.2, 0.25) is 0 Å². The smallest absolute Gasteiger partial charge is 0.352 e. The molecule has 0 radical (unpaired) electrons. The summed E-state index contributed by atoms with van der Waals surface area (Å²) in [5, 5.41) is 8.41. The number of pyridine rings is 1. The second kappa shape index (κ2) is 10.9. The van der Waals surface area contributed by atoms with E-state index in [9.17, 15) is 13.2 Å². The number of aryl methyl sites for hydroxylation is 4. The number of hydrogen-bond acceptors (Lipinski definition) is 8. The summed E-state index contributed by atoms with van der Waals surface area (Å²) in [4.78, 5) is 18.5. The first-order valence-corrected chi connectivity index (χ1v) is 15.1. The van der Waals surface area contributed by atoms with Gasteiger partial charge in [-0.15, -0.1) is 16.4 Å². The minimum Gasteiger partial charge on any atom is -0.359 e. The lowest BCUT2D eigenvalue weighted by Crippen LogP contribution is -2.25. The molecule has 0 atom stereocenters. The highest BCUT2D eigenvalue weighted by Gasteiger charge is 2.26. The average molecular weight is 579 g/mol. The number of rotatable bonds is 9. The van der Waals surface area contributed by atoms with E-state index in [1.165, 1.54) is 16.0 Å². The van der Waals surface area contributed by atoms with Gasteiger partial charge in [0.25, 0.3) is 10.0 Å². The zero-order valence-corrected chi connectivity index (χ0v) is 24.6. The Bertz CT molecular complexity index is 1850. The van der Waals surface area contributed by atoms with Crippen molar-refractivity contribution in [3.63, 3.8) is 0 Å². The fourth-order valence-corrected chi connectivity index (χ4v) is 7.21. The van der Waals surface area contributed by atoms with Gasteiger partial charge in [0.1, 0.15) is 15.8 Å². The standard InChI is InChI=1S/C28H30N6O4S2/c1-6-9-25-30-34(24-10-7-8-13-29-24)28(35)33(25)16-21-11-12-22(17(2)14-21)23-15-18(3)39-27(23)40(36,37)32-26-19(4)20(5)38-31-26/h7-8,10-15H,6,9,16H2,1-5H3,(H,31,32). The Balaban J connectivity index is 1.48. The molecule has 0 fully saturated rings. The number of nitrogens with one attached hydrogen (secondary N) is 1. The summed E-state index contributed by atoms with van der Waals surface area (Å²) < 4.78 is 37.7. The van der Waals surface area contributed by atoms with Gasteiger partial charge < -0.3 is 4.52 Å². The molecule has 1 N–H and O–H groups in total. The number of benzene rings is 1. The summed E-state index contributed by atoms with van der Waals surface area (Å²) in [6.45, 7) is 9.68. The van der Waals surface area contributed by atoms with Gasteiger partial charge in [0.15, 0.2) is 11.6 Å². The molecule has 10 nitrogen and oxygen atoms in total. The van der Waals surface area contributed by atoms with E-state index in [4.69, 9.17) is 4.52 Å². The van der Waals surface area contributed by atoms with Gasteiger partial charge in [0.05, 0.1) is 6.54 Å². The molecule has 0 aliphatic rings. The number of anilines is 1. The van der Waals surface area contributed by atoms with Gasteiger partial charge in [-0.1, -0.05) is 36.3 Å². The first kappa shape index (κ1) is 27.5. The number of thiophene rings is 1. The molecule has 40 heavy (non-hydrogen) atoms. The van der Waals surface area contributed by atoms with Gasteiger partial charge in [-0.2, -0.15) is 4.68 Å².